The van der Waals surface area contributed by atoms with Crippen LogP contribution in [0.4, 0.5) is 10.1 Å². The summed E-state index contributed by atoms with van der Waals surface area (Å²) in [5.41, 5.74) is 7.89. The maximum Gasteiger partial charge on any atom is 0.158 e. The Morgan fingerprint density at radius 3 is 2.58 bits per heavy atom. The molecule has 0 saturated carbocycles. The number of nitrogens with two attached hydrogens (primary N) is 1. The van der Waals surface area contributed by atoms with Gasteiger partial charge in [-0.2, -0.15) is 0 Å². The highest BCUT2D eigenvalue weighted by Crippen LogP contribution is 2.33. The number of hydrogen-bond donors (Lipinski definition) is 1. The molecule has 0 radical (unpaired) electrons. The Balaban J connectivity index is 2.19. The third-order valence-electron chi connectivity index (χ3n) is 2.89. The van der Waals surface area contributed by atoms with Crippen LogP contribution in [0.1, 0.15) is 0 Å². The van der Waals surface area contributed by atoms with Gasteiger partial charge in [0.1, 0.15) is 5.69 Å². The minimum atomic E-state index is -0.331. The number of aromatic nitrogens is 1. The van der Waals surface area contributed by atoms with Crippen LogP contribution in [-0.2, 0) is 0 Å². The summed E-state index contributed by atoms with van der Waals surface area (Å²) in [6.07, 6.45) is 1.61. The Kier molecular flexibility index (Phi) is 3.01. The van der Waals surface area contributed by atoms with E-state index in [-0.39, 0.29) is 5.82 Å². The number of pyridine rings is 1. The van der Waals surface area contributed by atoms with Crippen LogP contribution in [0.25, 0.3) is 21.7 Å². The lowest BCUT2D eigenvalue weighted by Gasteiger charge is -2.08. The number of rotatable bonds is 2. The molecule has 2 N–H and O–H groups in total. The van der Waals surface area contributed by atoms with E-state index in [0.29, 0.717) is 22.5 Å². The van der Waals surface area contributed by atoms with E-state index in [9.17, 15) is 4.39 Å². The quantitative estimate of drug-likeness (QED) is 0.709. The number of para-hydroxylation sites is 1. The zero-order chi connectivity index (χ0) is 13.2. The van der Waals surface area contributed by atoms with Gasteiger partial charge >= 0.3 is 0 Å². The summed E-state index contributed by atoms with van der Waals surface area (Å²) in [6.45, 7) is 0. The predicted octanol–water partition coefficient (Wildman–Crippen LogP) is 4.20. The first-order valence-electron chi connectivity index (χ1n) is 5.80. The lowest BCUT2D eigenvalue weighted by atomic mass is 10.1. The summed E-state index contributed by atoms with van der Waals surface area (Å²) in [5, 5.41) is 1.92. The van der Waals surface area contributed by atoms with Gasteiger partial charge in [0.2, 0.25) is 0 Å². The molecule has 19 heavy (non-hydrogen) atoms. The highest BCUT2D eigenvalue weighted by molar-refractivity contribution is 7.13. The van der Waals surface area contributed by atoms with Gasteiger partial charge in [-0.15, -0.1) is 11.3 Å². The summed E-state index contributed by atoms with van der Waals surface area (Å²) < 4.78 is 14.6. The van der Waals surface area contributed by atoms with Crippen LogP contribution < -0.4 is 5.73 Å². The van der Waals surface area contributed by atoms with Gasteiger partial charge in [-0.1, -0.05) is 24.3 Å². The summed E-state index contributed by atoms with van der Waals surface area (Å²) in [5.74, 6) is -0.331. The number of halogens is 1. The fourth-order valence-corrected chi connectivity index (χ4v) is 2.71. The summed E-state index contributed by atoms with van der Waals surface area (Å²) in [4.78, 5) is 5.01. The first kappa shape index (κ1) is 11.9. The molecule has 0 saturated heterocycles. The number of benzene rings is 1. The van der Waals surface area contributed by atoms with E-state index in [1.807, 2.05) is 29.6 Å². The van der Waals surface area contributed by atoms with Crippen LogP contribution in [0.5, 0.6) is 0 Å². The van der Waals surface area contributed by atoms with Gasteiger partial charge in [0, 0.05) is 27.9 Å². The molecule has 0 spiro atoms. The monoisotopic (exact) mass is 270 g/mol. The number of nitrogen functional groups attached to an aromatic ring is 1. The van der Waals surface area contributed by atoms with Crippen LogP contribution in [-0.4, -0.2) is 4.98 Å². The molecular formula is C15H11FN2S. The number of hydrogen-bond acceptors (Lipinski definition) is 3. The topological polar surface area (TPSA) is 38.9 Å². The molecule has 0 fully saturated rings. The molecule has 4 heteroatoms. The van der Waals surface area contributed by atoms with Crippen LogP contribution in [0, 0.1) is 5.82 Å². The summed E-state index contributed by atoms with van der Waals surface area (Å²) in [7, 11) is 0. The highest BCUT2D eigenvalue weighted by atomic mass is 32.1. The van der Waals surface area contributed by atoms with Gasteiger partial charge < -0.3 is 5.73 Å². The van der Waals surface area contributed by atoms with Crippen molar-refractivity contribution in [2.75, 3.05) is 5.73 Å². The normalized spacial score (nSPS) is 10.6. The molecule has 2 heterocycles. The molecule has 2 nitrogen and oxygen atoms in total. The van der Waals surface area contributed by atoms with Gasteiger partial charge in [-0.3, -0.25) is 4.98 Å². The average molecular weight is 270 g/mol. The smallest absolute Gasteiger partial charge is 0.158 e. The maximum absolute atomic E-state index is 14.6. The Morgan fingerprint density at radius 2 is 1.84 bits per heavy atom. The second-order valence-corrected chi connectivity index (χ2v) is 5.03. The molecule has 94 valence electrons. The van der Waals surface area contributed by atoms with Crippen molar-refractivity contribution in [3.8, 4) is 21.7 Å². The molecule has 0 atom stereocenters. The van der Waals surface area contributed by atoms with E-state index in [4.69, 9.17) is 5.73 Å². The van der Waals surface area contributed by atoms with Crippen molar-refractivity contribution < 1.29 is 4.39 Å². The van der Waals surface area contributed by atoms with Crippen molar-refractivity contribution in [1.29, 1.82) is 0 Å². The summed E-state index contributed by atoms with van der Waals surface area (Å²) >= 11 is 1.50. The van der Waals surface area contributed by atoms with Gasteiger partial charge in [-0.05, 0) is 23.6 Å². The molecule has 0 bridgehead atoms. The second-order valence-electron chi connectivity index (χ2n) is 4.09. The minimum absolute atomic E-state index is 0.295. The lowest BCUT2D eigenvalue weighted by molar-refractivity contribution is 0.629. The number of thiophene rings is 1. The van der Waals surface area contributed by atoms with Gasteiger partial charge in [0.05, 0.1) is 0 Å². The van der Waals surface area contributed by atoms with Crippen molar-refractivity contribution in [2.45, 2.75) is 0 Å². The Bertz CT molecular complexity index is 708. The van der Waals surface area contributed by atoms with E-state index in [1.165, 1.54) is 11.3 Å². The molecular weight excluding hydrogens is 259 g/mol. The molecule has 0 aliphatic heterocycles. The van der Waals surface area contributed by atoms with Crippen molar-refractivity contribution in [3.05, 3.63) is 59.9 Å². The average Bonchev–Trinajstić information content (AvgIpc) is 2.94. The van der Waals surface area contributed by atoms with Crippen molar-refractivity contribution in [3.63, 3.8) is 0 Å². The molecule has 1 aromatic carbocycles. The van der Waals surface area contributed by atoms with E-state index >= 15 is 0 Å². The second kappa shape index (κ2) is 4.82. The molecule has 0 aliphatic rings. The first-order valence-corrected chi connectivity index (χ1v) is 6.68. The standard InChI is InChI=1S/C15H11FN2S/c16-14-11(13-6-3-9-19-13)7-8-18-15(14)10-4-1-2-5-12(10)17/h1-9H,17H2. The minimum Gasteiger partial charge on any atom is -0.398 e. The largest absolute Gasteiger partial charge is 0.398 e. The molecule has 0 unspecified atom stereocenters. The Morgan fingerprint density at radius 1 is 1.00 bits per heavy atom. The molecule has 0 amide bonds. The number of nitrogens with zero attached hydrogens (tertiary/aromatic N) is 1. The molecule has 3 aromatic rings. The Labute approximate surface area is 114 Å². The Hall–Kier alpha value is -2.20. The fourth-order valence-electron chi connectivity index (χ4n) is 1.97. The third kappa shape index (κ3) is 2.11. The van der Waals surface area contributed by atoms with Crippen LogP contribution in [0.2, 0.25) is 0 Å². The van der Waals surface area contributed by atoms with E-state index in [1.54, 1.807) is 24.4 Å². The molecule has 2 aromatic heterocycles. The SMILES string of the molecule is Nc1ccccc1-c1nccc(-c2cccs2)c1F. The van der Waals surface area contributed by atoms with Crippen molar-refractivity contribution in [1.82, 2.24) is 4.98 Å². The van der Waals surface area contributed by atoms with Crippen LogP contribution >= 0.6 is 11.3 Å². The van der Waals surface area contributed by atoms with E-state index in [2.05, 4.69) is 4.98 Å². The fraction of sp³-hybridized carbons (Fsp3) is 0. The van der Waals surface area contributed by atoms with Gasteiger partial charge in [0.25, 0.3) is 0 Å². The van der Waals surface area contributed by atoms with Crippen molar-refractivity contribution >= 4 is 17.0 Å². The van der Waals surface area contributed by atoms with Crippen LogP contribution in [0.15, 0.2) is 54.0 Å². The predicted molar refractivity (Wildman–Crippen MR) is 77.4 cm³/mol. The van der Waals surface area contributed by atoms with Gasteiger partial charge in [0.15, 0.2) is 5.82 Å². The zero-order valence-electron chi connectivity index (χ0n) is 10.0. The molecule has 3 rings (SSSR count). The third-order valence-corrected chi connectivity index (χ3v) is 3.79. The van der Waals surface area contributed by atoms with Crippen molar-refractivity contribution in [2.24, 2.45) is 0 Å². The molecule has 0 aliphatic carbocycles. The zero-order valence-corrected chi connectivity index (χ0v) is 10.8. The first-order chi connectivity index (χ1) is 9.27. The maximum atomic E-state index is 14.6. The lowest BCUT2D eigenvalue weighted by Crippen LogP contribution is -1.96. The highest BCUT2D eigenvalue weighted by Gasteiger charge is 2.14. The number of anilines is 1. The van der Waals surface area contributed by atoms with Crippen LogP contribution in [0.3, 0.4) is 0 Å². The van der Waals surface area contributed by atoms with E-state index < -0.39 is 0 Å². The van der Waals surface area contributed by atoms with E-state index in [0.717, 1.165) is 4.88 Å². The van der Waals surface area contributed by atoms with Gasteiger partial charge in [-0.25, -0.2) is 4.39 Å². The summed E-state index contributed by atoms with van der Waals surface area (Å²) in [6, 6.07) is 12.6.